The Labute approximate surface area is 195 Å². The number of ether oxygens (including phenoxy) is 1. The van der Waals surface area contributed by atoms with Gasteiger partial charge in [0.15, 0.2) is 0 Å². The Morgan fingerprint density at radius 1 is 0.548 bits per heavy atom. The lowest BCUT2D eigenvalue weighted by Crippen LogP contribution is -2.45. The summed E-state index contributed by atoms with van der Waals surface area (Å²) in [6, 6.07) is 0.954. The Morgan fingerprint density at radius 3 is 1.35 bits per heavy atom. The maximum Gasteiger partial charge on any atom is 0.500 e. The highest BCUT2D eigenvalue weighted by Gasteiger charge is 2.39. The minimum Gasteiger partial charge on any atom is -0.381 e. The molecule has 0 fully saturated rings. The third-order valence-electron chi connectivity index (χ3n) is 5.56. The molecule has 0 aliphatic heterocycles. The summed E-state index contributed by atoms with van der Waals surface area (Å²) in [6.07, 6.45) is 21.3. The summed E-state index contributed by atoms with van der Waals surface area (Å²) in [5, 5.41) is 0. The number of hydrogen-bond acceptors (Lipinski definition) is 4. The molecule has 0 rings (SSSR count). The van der Waals surface area contributed by atoms with Crippen molar-refractivity contribution in [2.75, 3.05) is 33.0 Å². The van der Waals surface area contributed by atoms with Crippen LogP contribution in [0.1, 0.15) is 117 Å². The molecular formula is C26H54O4Si. The van der Waals surface area contributed by atoms with Crippen molar-refractivity contribution >= 4 is 8.80 Å². The number of hydrogen-bond donors (Lipinski definition) is 0. The van der Waals surface area contributed by atoms with Gasteiger partial charge in [0, 0.05) is 39.1 Å². The van der Waals surface area contributed by atoms with Crippen LogP contribution in [0.5, 0.6) is 0 Å². The van der Waals surface area contributed by atoms with Crippen LogP contribution in [0.25, 0.3) is 0 Å². The van der Waals surface area contributed by atoms with Crippen molar-refractivity contribution in [2.24, 2.45) is 0 Å². The molecule has 0 aromatic heterocycles. The Balaban J connectivity index is 3.39. The number of unbranched alkanes of at least 4 members (excludes halogenated alkanes) is 13. The molecule has 31 heavy (non-hydrogen) atoms. The standard InChI is InChI=1S/C26H54O4Si/c1-5-9-10-11-12-15-18-21-24-27-25-22-19-16-13-14-17-20-23-26-31(28-6-2,29-7-3)30-8-4/h5H,1,6-26H2,2-4H3. The largest absolute Gasteiger partial charge is 0.500 e. The van der Waals surface area contributed by atoms with Crippen molar-refractivity contribution < 1.29 is 18.0 Å². The van der Waals surface area contributed by atoms with E-state index in [0.717, 1.165) is 25.7 Å². The van der Waals surface area contributed by atoms with Gasteiger partial charge in [-0.3, -0.25) is 0 Å². The van der Waals surface area contributed by atoms with E-state index >= 15 is 0 Å². The van der Waals surface area contributed by atoms with E-state index in [0.29, 0.717) is 19.8 Å². The van der Waals surface area contributed by atoms with Gasteiger partial charge in [0.05, 0.1) is 0 Å². The molecule has 0 aliphatic rings. The molecule has 0 unspecified atom stereocenters. The minimum absolute atomic E-state index is 0.673. The smallest absolute Gasteiger partial charge is 0.381 e. The van der Waals surface area contributed by atoms with Gasteiger partial charge in [0.2, 0.25) is 0 Å². The molecule has 4 nitrogen and oxygen atoms in total. The summed E-state index contributed by atoms with van der Waals surface area (Å²) < 4.78 is 23.6. The molecule has 0 amide bonds. The Kier molecular flexibility index (Phi) is 24.3. The first-order chi connectivity index (χ1) is 15.2. The third-order valence-corrected chi connectivity index (χ3v) is 8.71. The predicted molar refractivity (Wildman–Crippen MR) is 136 cm³/mol. The Bertz CT molecular complexity index is 348. The molecule has 0 radical (unpaired) electrons. The Hall–Kier alpha value is -0.203. The molecule has 0 aliphatic carbocycles. The lowest BCUT2D eigenvalue weighted by molar-refractivity contribution is 0.0706. The third kappa shape index (κ3) is 20.2. The van der Waals surface area contributed by atoms with E-state index < -0.39 is 8.80 Å². The second kappa shape index (κ2) is 24.4. The summed E-state index contributed by atoms with van der Waals surface area (Å²) in [7, 11) is -2.42. The average molecular weight is 459 g/mol. The highest BCUT2D eigenvalue weighted by molar-refractivity contribution is 6.60. The van der Waals surface area contributed by atoms with Gasteiger partial charge in [-0.2, -0.15) is 0 Å². The van der Waals surface area contributed by atoms with E-state index in [1.807, 2.05) is 26.8 Å². The SMILES string of the molecule is C=CCCCCCCCCOCCCCCCCCCC[Si](OCC)(OCC)OCC. The zero-order chi connectivity index (χ0) is 22.9. The first-order valence-electron chi connectivity index (χ1n) is 13.3. The monoisotopic (exact) mass is 458 g/mol. The molecule has 0 spiro atoms. The van der Waals surface area contributed by atoms with Gasteiger partial charge in [-0.15, -0.1) is 6.58 Å². The van der Waals surface area contributed by atoms with Gasteiger partial charge in [-0.1, -0.05) is 70.3 Å². The first kappa shape index (κ1) is 30.8. The minimum atomic E-state index is -2.42. The fraction of sp³-hybridized carbons (Fsp3) is 0.923. The maximum absolute atomic E-state index is 5.93. The molecule has 0 saturated carbocycles. The normalized spacial score (nSPS) is 11.8. The zero-order valence-corrected chi connectivity index (χ0v) is 22.3. The van der Waals surface area contributed by atoms with Gasteiger partial charge < -0.3 is 18.0 Å². The molecule has 186 valence electrons. The van der Waals surface area contributed by atoms with Crippen LogP contribution in [-0.4, -0.2) is 41.8 Å². The van der Waals surface area contributed by atoms with Crippen LogP contribution in [-0.2, 0) is 18.0 Å². The summed E-state index contributed by atoms with van der Waals surface area (Å²) in [5.74, 6) is 0. The van der Waals surface area contributed by atoms with E-state index in [9.17, 15) is 0 Å². The van der Waals surface area contributed by atoms with Crippen LogP contribution in [0.4, 0.5) is 0 Å². The summed E-state index contributed by atoms with van der Waals surface area (Å²) in [6.45, 7) is 13.8. The average Bonchev–Trinajstić information content (AvgIpc) is 2.76. The van der Waals surface area contributed by atoms with Crippen molar-refractivity contribution in [2.45, 2.75) is 123 Å². The molecule has 0 heterocycles. The van der Waals surface area contributed by atoms with Gasteiger partial charge in [0.25, 0.3) is 0 Å². The van der Waals surface area contributed by atoms with Gasteiger partial charge in [-0.25, -0.2) is 0 Å². The second-order valence-electron chi connectivity index (χ2n) is 8.37. The van der Waals surface area contributed by atoms with Gasteiger partial charge in [0.1, 0.15) is 0 Å². The lowest BCUT2D eigenvalue weighted by atomic mass is 10.1. The molecule has 0 saturated heterocycles. The molecular weight excluding hydrogens is 404 g/mol. The van der Waals surface area contributed by atoms with E-state index in [1.54, 1.807) is 0 Å². The molecule has 0 aromatic rings. The molecule has 0 atom stereocenters. The zero-order valence-electron chi connectivity index (χ0n) is 21.3. The summed E-state index contributed by atoms with van der Waals surface area (Å²) >= 11 is 0. The molecule has 5 heteroatoms. The van der Waals surface area contributed by atoms with Crippen molar-refractivity contribution in [3.05, 3.63) is 12.7 Å². The van der Waals surface area contributed by atoms with E-state index in [2.05, 4.69) is 6.58 Å². The van der Waals surface area contributed by atoms with Crippen molar-refractivity contribution in [3.63, 3.8) is 0 Å². The van der Waals surface area contributed by atoms with E-state index in [4.69, 9.17) is 18.0 Å². The molecule has 0 bridgehead atoms. The highest BCUT2D eigenvalue weighted by atomic mass is 28.4. The van der Waals surface area contributed by atoms with Crippen molar-refractivity contribution in [1.29, 1.82) is 0 Å². The fourth-order valence-corrected chi connectivity index (χ4v) is 6.60. The Morgan fingerprint density at radius 2 is 0.935 bits per heavy atom. The van der Waals surface area contributed by atoms with E-state index in [1.165, 1.54) is 89.9 Å². The van der Waals surface area contributed by atoms with E-state index in [-0.39, 0.29) is 0 Å². The topological polar surface area (TPSA) is 36.9 Å². The van der Waals surface area contributed by atoms with Crippen LogP contribution in [0, 0.1) is 0 Å². The van der Waals surface area contributed by atoms with Gasteiger partial charge >= 0.3 is 8.80 Å². The van der Waals surface area contributed by atoms with Crippen LogP contribution in [0.15, 0.2) is 12.7 Å². The van der Waals surface area contributed by atoms with Gasteiger partial charge in [-0.05, 0) is 52.9 Å². The fourth-order valence-electron chi connectivity index (χ4n) is 3.91. The van der Waals surface area contributed by atoms with Crippen LogP contribution >= 0.6 is 0 Å². The van der Waals surface area contributed by atoms with Crippen LogP contribution in [0.3, 0.4) is 0 Å². The van der Waals surface area contributed by atoms with Crippen LogP contribution < -0.4 is 0 Å². The summed E-state index contributed by atoms with van der Waals surface area (Å²) in [4.78, 5) is 0. The molecule has 0 aromatic carbocycles. The second-order valence-corrected chi connectivity index (χ2v) is 11.1. The predicted octanol–water partition coefficient (Wildman–Crippen LogP) is 8.09. The molecule has 0 N–H and O–H groups in total. The lowest BCUT2D eigenvalue weighted by Gasteiger charge is -2.28. The summed E-state index contributed by atoms with van der Waals surface area (Å²) in [5.41, 5.74) is 0. The number of allylic oxidation sites excluding steroid dienone is 1. The quantitative estimate of drug-likeness (QED) is 0.0745. The first-order valence-corrected chi connectivity index (χ1v) is 15.3. The van der Waals surface area contributed by atoms with Crippen molar-refractivity contribution in [3.8, 4) is 0 Å². The van der Waals surface area contributed by atoms with Crippen molar-refractivity contribution in [1.82, 2.24) is 0 Å². The highest BCUT2D eigenvalue weighted by Crippen LogP contribution is 2.21. The maximum atomic E-state index is 5.93. The number of rotatable bonds is 26. The van der Waals surface area contributed by atoms with Crippen LogP contribution in [0.2, 0.25) is 6.04 Å².